The van der Waals surface area contributed by atoms with E-state index in [0.29, 0.717) is 5.57 Å². The third-order valence-corrected chi connectivity index (χ3v) is 4.52. The predicted octanol–water partition coefficient (Wildman–Crippen LogP) is 7.48. The van der Waals surface area contributed by atoms with E-state index in [1.54, 1.807) is 19.1 Å². The lowest BCUT2D eigenvalue weighted by Crippen LogP contribution is -2.18. The molecule has 0 fully saturated rings. The quantitative estimate of drug-likeness (QED) is 0.322. The van der Waals surface area contributed by atoms with E-state index < -0.39 is 0 Å². The van der Waals surface area contributed by atoms with Crippen molar-refractivity contribution in [2.45, 2.75) is 68.9 Å². The van der Waals surface area contributed by atoms with Crippen molar-refractivity contribution in [2.75, 3.05) is 20.6 Å². The van der Waals surface area contributed by atoms with Crippen LogP contribution in [0, 0.1) is 13.8 Å². The van der Waals surface area contributed by atoms with Crippen molar-refractivity contribution in [1.82, 2.24) is 14.7 Å². The van der Waals surface area contributed by atoms with Crippen LogP contribution in [0.5, 0.6) is 0 Å². The maximum atomic E-state index is 11.2. The summed E-state index contributed by atoms with van der Waals surface area (Å²) in [5, 5.41) is 5.87. The van der Waals surface area contributed by atoms with E-state index in [9.17, 15) is 4.79 Å². The summed E-state index contributed by atoms with van der Waals surface area (Å²) in [6, 6.07) is 6.53. The molecule has 0 amide bonds. The molecule has 0 aliphatic rings. The molecule has 0 atom stereocenters. The Balaban J connectivity index is 0. The summed E-state index contributed by atoms with van der Waals surface area (Å²) in [7, 11) is 4.17. The Labute approximate surface area is 203 Å². The monoisotopic (exact) mass is 453 g/mol. The summed E-state index contributed by atoms with van der Waals surface area (Å²) in [5.74, 6) is 0.0380. The van der Waals surface area contributed by atoms with Crippen LogP contribution in [0.2, 0.25) is 0 Å². The summed E-state index contributed by atoms with van der Waals surface area (Å²) in [4.78, 5) is 13.4. The lowest BCUT2D eigenvalue weighted by molar-refractivity contribution is -0.113. The van der Waals surface area contributed by atoms with Crippen LogP contribution in [0.25, 0.3) is 10.9 Å². The summed E-state index contributed by atoms with van der Waals surface area (Å²) in [6.45, 7) is 26.9. The molecular formula is C29H47N3O. The van der Waals surface area contributed by atoms with Crippen LogP contribution in [-0.2, 0) is 11.3 Å². The maximum Gasteiger partial charge on any atom is 0.160 e. The van der Waals surface area contributed by atoms with Crippen molar-refractivity contribution in [1.29, 1.82) is 0 Å². The topological polar surface area (TPSA) is 38.1 Å². The number of benzene rings is 1. The van der Waals surface area contributed by atoms with Crippen molar-refractivity contribution in [3.8, 4) is 0 Å². The normalized spacial score (nSPS) is 10.9. The first kappa shape index (κ1) is 32.5. The number of rotatable bonds is 7. The number of carbonyl (C=O) groups excluding carboxylic acids is 1. The molecule has 0 aliphatic heterocycles. The average Bonchev–Trinajstić information content (AvgIpc) is 3.10. The first-order valence-corrected chi connectivity index (χ1v) is 11.9. The number of Topliss-reactive ketones (excluding diaryl/α,β-unsaturated/α-hetero) is 1. The number of likely N-dealkylation sites (N-methyl/N-ethyl adjacent to an activating group) is 1. The second-order valence-electron chi connectivity index (χ2n) is 7.50. The Bertz CT molecular complexity index is 943. The first-order chi connectivity index (χ1) is 15.6. The molecule has 0 saturated heterocycles. The zero-order valence-corrected chi connectivity index (χ0v) is 23.0. The number of aromatic nitrogens is 2. The maximum absolute atomic E-state index is 11.2. The van der Waals surface area contributed by atoms with Gasteiger partial charge in [0.05, 0.1) is 17.8 Å². The van der Waals surface area contributed by atoms with E-state index in [1.807, 2.05) is 47.6 Å². The largest absolute Gasteiger partial charge is 0.308 e. The van der Waals surface area contributed by atoms with Gasteiger partial charge in [0, 0.05) is 17.5 Å². The van der Waals surface area contributed by atoms with Gasteiger partial charge in [0.15, 0.2) is 5.78 Å². The minimum atomic E-state index is 0.0380. The number of ketones is 1. The molecule has 0 saturated carbocycles. The molecule has 4 nitrogen and oxygen atoms in total. The molecule has 1 aromatic heterocycles. The molecule has 1 heterocycles. The molecule has 33 heavy (non-hydrogen) atoms. The number of aryl methyl sites for hydroxylation is 2. The molecule has 0 unspecified atom stereocenters. The Hall–Kier alpha value is -2.72. The zero-order chi connectivity index (χ0) is 26.1. The lowest BCUT2D eigenvalue weighted by atomic mass is 9.99. The smallest absolute Gasteiger partial charge is 0.160 e. The molecule has 0 spiro atoms. The molecule has 4 heteroatoms. The van der Waals surface area contributed by atoms with Crippen LogP contribution in [0.1, 0.15) is 59.7 Å². The van der Waals surface area contributed by atoms with E-state index >= 15 is 0 Å². The van der Waals surface area contributed by atoms with Gasteiger partial charge in [-0.05, 0) is 66.4 Å². The Morgan fingerprint density at radius 2 is 1.67 bits per heavy atom. The minimum absolute atomic E-state index is 0.0380. The molecular weight excluding hydrogens is 406 g/mol. The highest BCUT2D eigenvalue weighted by Gasteiger charge is 2.07. The summed E-state index contributed by atoms with van der Waals surface area (Å²) in [5.41, 5.74) is 6.01. The molecule has 0 bridgehead atoms. The Morgan fingerprint density at radius 1 is 1.09 bits per heavy atom. The van der Waals surface area contributed by atoms with Crippen LogP contribution >= 0.6 is 0 Å². The fourth-order valence-electron chi connectivity index (χ4n) is 3.00. The molecule has 0 N–H and O–H groups in total. The predicted molar refractivity (Wildman–Crippen MR) is 148 cm³/mol. The SMILES string of the molecule is C=C/C(C(=C)C)=C(\C=C/C)C(C)=O.CC.CC.Cc1ccc2c(c1)c(C)nn2CCN(C)C. The minimum Gasteiger partial charge on any atom is -0.308 e. The van der Waals surface area contributed by atoms with Gasteiger partial charge in [-0.2, -0.15) is 5.10 Å². The number of fused-ring (bicyclic) bond motifs is 1. The van der Waals surface area contributed by atoms with E-state index in [1.165, 1.54) is 16.5 Å². The summed E-state index contributed by atoms with van der Waals surface area (Å²) >= 11 is 0. The summed E-state index contributed by atoms with van der Waals surface area (Å²) < 4.78 is 2.10. The second kappa shape index (κ2) is 17.8. The van der Waals surface area contributed by atoms with Crippen molar-refractivity contribution in [2.24, 2.45) is 0 Å². The number of allylic oxidation sites excluding steroid dienone is 6. The third-order valence-electron chi connectivity index (χ3n) is 4.52. The van der Waals surface area contributed by atoms with E-state index in [-0.39, 0.29) is 5.78 Å². The third kappa shape index (κ3) is 11.1. The van der Waals surface area contributed by atoms with Crippen LogP contribution in [-0.4, -0.2) is 41.1 Å². The number of nitrogens with zero attached hydrogens (tertiary/aromatic N) is 3. The van der Waals surface area contributed by atoms with Gasteiger partial charge >= 0.3 is 0 Å². The highest BCUT2D eigenvalue weighted by atomic mass is 16.1. The average molecular weight is 454 g/mol. The molecule has 0 aliphatic carbocycles. The zero-order valence-electron chi connectivity index (χ0n) is 23.0. The van der Waals surface area contributed by atoms with E-state index in [4.69, 9.17) is 0 Å². The molecule has 0 radical (unpaired) electrons. The number of hydrogen-bond donors (Lipinski definition) is 0. The van der Waals surface area contributed by atoms with Gasteiger partial charge in [-0.25, -0.2) is 0 Å². The fraction of sp³-hybridized carbons (Fsp3) is 0.448. The van der Waals surface area contributed by atoms with Crippen LogP contribution < -0.4 is 0 Å². The van der Waals surface area contributed by atoms with Gasteiger partial charge in [-0.15, -0.1) is 0 Å². The van der Waals surface area contributed by atoms with Crippen molar-refractivity contribution in [3.63, 3.8) is 0 Å². The van der Waals surface area contributed by atoms with Crippen LogP contribution in [0.3, 0.4) is 0 Å². The molecule has 184 valence electrons. The number of hydrogen-bond acceptors (Lipinski definition) is 3. The van der Waals surface area contributed by atoms with E-state index in [2.05, 4.69) is 74.0 Å². The van der Waals surface area contributed by atoms with E-state index in [0.717, 1.165) is 29.9 Å². The number of carbonyl (C=O) groups is 1. The van der Waals surface area contributed by atoms with Gasteiger partial charge in [0.25, 0.3) is 0 Å². The van der Waals surface area contributed by atoms with Gasteiger partial charge < -0.3 is 4.90 Å². The van der Waals surface area contributed by atoms with Crippen molar-refractivity contribution >= 4 is 16.7 Å². The van der Waals surface area contributed by atoms with Gasteiger partial charge in [-0.1, -0.05) is 76.3 Å². The van der Waals surface area contributed by atoms with Crippen LogP contribution in [0.4, 0.5) is 0 Å². The summed E-state index contributed by atoms with van der Waals surface area (Å²) in [6.07, 6.45) is 5.29. The van der Waals surface area contributed by atoms with Crippen molar-refractivity contribution < 1.29 is 4.79 Å². The van der Waals surface area contributed by atoms with Crippen molar-refractivity contribution in [3.05, 3.63) is 77.6 Å². The Morgan fingerprint density at radius 3 is 2.09 bits per heavy atom. The second-order valence-corrected chi connectivity index (χ2v) is 7.50. The van der Waals surface area contributed by atoms with Gasteiger partial charge in [-0.3, -0.25) is 9.48 Å². The molecule has 2 aromatic rings. The first-order valence-electron chi connectivity index (χ1n) is 11.9. The van der Waals surface area contributed by atoms with Gasteiger partial charge in [0.1, 0.15) is 0 Å². The molecule has 2 rings (SSSR count). The van der Waals surface area contributed by atoms with Gasteiger partial charge in [0.2, 0.25) is 0 Å². The standard InChI is InChI=1S/C13H19N3.C12H16O.2C2H6/c1-10-5-6-13-12(9-10)11(2)14-16(13)8-7-15(3)4;1-6-8-12(10(5)13)11(7-2)9(3)4;2*1-2/h5-6,9H,7-8H2,1-4H3;6-8H,2-3H2,1,4-5H3;2*1-2H3/b;8-6-,12-11-;;. The Kier molecular flexibility index (Phi) is 17.5. The molecule has 1 aromatic carbocycles. The van der Waals surface area contributed by atoms with Crippen LogP contribution in [0.15, 0.2) is 66.3 Å². The highest BCUT2D eigenvalue weighted by molar-refractivity contribution is 5.98. The fourth-order valence-corrected chi connectivity index (χ4v) is 3.00. The highest BCUT2D eigenvalue weighted by Crippen LogP contribution is 2.19. The lowest BCUT2D eigenvalue weighted by Gasteiger charge is -2.09.